The maximum atomic E-state index is 4.97. The molecule has 0 bridgehead atoms. The number of nitrogens with two attached hydrogens (primary N) is 1. The van der Waals surface area contributed by atoms with Gasteiger partial charge >= 0.3 is 0 Å². The highest BCUT2D eigenvalue weighted by Crippen LogP contribution is 2.14. The minimum atomic E-state index is 0.151. The first kappa shape index (κ1) is 14.4. The zero-order chi connectivity index (χ0) is 10.2. The lowest BCUT2D eigenvalue weighted by Crippen LogP contribution is -2.33. The maximum absolute atomic E-state index is 4.97. The Labute approximate surface area is 76.8 Å². The molecule has 0 atom stereocenters. The zero-order valence-electron chi connectivity index (χ0n) is 9.35. The van der Waals surface area contributed by atoms with Crippen molar-refractivity contribution < 1.29 is 4.84 Å². The van der Waals surface area contributed by atoms with E-state index in [1.807, 2.05) is 27.9 Å². The first-order valence-electron chi connectivity index (χ1n) is 4.44. The van der Waals surface area contributed by atoms with Crippen molar-refractivity contribution in [2.75, 3.05) is 27.2 Å². The van der Waals surface area contributed by atoms with E-state index in [1.165, 1.54) is 0 Å². The van der Waals surface area contributed by atoms with Crippen molar-refractivity contribution in [2.45, 2.75) is 27.7 Å². The Hall–Kier alpha value is -0.120. The number of hydrogen-bond acceptors (Lipinski definition) is 3. The van der Waals surface area contributed by atoms with Gasteiger partial charge < -0.3 is 9.74 Å². The molecule has 3 nitrogen and oxygen atoms in total. The van der Waals surface area contributed by atoms with Gasteiger partial charge in [-0.2, -0.15) is 0 Å². The number of nitrogens with zero attached hydrogens (tertiary/aromatic N) is 1. The first-order valence-corrected chi connectivity index (χ1v) is 4.44. The Morgan fingerprint density at radius 1 is 1.25 bits per heavy atom. The molecule has 3 heteroatoms. The summed E-state index contributed by atoms with van der Waals surface area (Å²) in [7, 11) is 4.08. The van der Waals surface area contributed by atoms with Gasteiger partial charge in [-0.3, -0.25) is 0 Å². The average Bonchev–Trinajstić information content (AvgIpc) is 1.88. The summed E-state index contributed by atoms with van der Waals surface area (Å²) in [6.45, 7) is 9.84. The van der Waals surface area contributed by atoms with Crippen LogP contribution >= 0.6 is 0 Å². The third kappa shape index (κ3) is 9.88. The lowest BCUT2D eigenvalue weighted by molar-refractivity contribution is 0.0483. The molecular formula is C9H24N2O. The second-order valence-electron chi connectivity index (χ2n) is 3.71. The van der Waals surface area contributed by atoms with Crippen molar-refractivity contribution in [3.05, 3.63) is 0 Å². The standard InChI is InChI=1S/C7H18N2O.C2H6/c1-7(2,6-10-8)5-9(3)4;1-2/h5-6,8H2,1-4H3;1-2H3. The molecule has 0 heterocycles. The van der Waals surface area contributed by atoms with Crippen molar-refractivity contribution in [1.29, 1.82) is 0 Å². The Bertz CT molecular complexity index is 92.5. The van der Waals surface area contributed by atoms with E-state index in [2.05, 4.69) is 23.6 Å². The molecule has 76 valence electrons. The number of hydrogen-bond donors (Lipinski definition) is 1. The molecule has 12 heavy (non-hydrogen) atoms. The van der Waals surface area contributed by atoms with Gasteiger partial charge in [-0.05, 0) is 14.1 Å². The van der Waals surface area contributed by atoms with Crippen LogP contribution in [0.2, 0.25) is 0 Å². The summed E-state index contributed by atoms with van der Waals surface area (Å²) in [5, 5.41) is 0. The van der Waals surface area contributed by atoms with Crippen LogP contribution in [0, 0.1) is 5.41 Å². The van der Waals surface area contributed by atoms with E-state index in [4.69, 9.17) is 5.90 Å². The van der Waals surface area contributed by atoms with Crippen LogP contribution in [0.4, 0.5) is 0 Å². The van der Waals surface area contributed by atoms with Crippen LogP contribution in [-0.4, -0.2) is 32.1 Å². The molecule has 0 amide bonds. The molecule has 0 rings (SSSR count). The highest BCUT2D eigenvalue weighted by Gasteiger charge is 2.18. The fourth-order valence-electron chi connectivity index (χ4n) is 1.13. The Balaban J connectivity index is 0. The molecule has 0 fully saturated rings. The minimum absolute atomic E-state index is 0.151. The van der Waals surface area contributed by atoms with E-state index < -0.39 is 0 Å². The third-order valence-corrected chi connectivity index (χ3v) is 1.22. The highest BCUT2D eigenvalue weighted by molar-refractivity contribution is 4.69. The quantitative estimate of drug-likeness (QED) is 0.660. The van der Waals surface area contributed by atoms with E-state index in [0.29, 0.717) is 6.61 Å². The topological polar surface area (TPSA) is 38.5 Å². The predicted octanol–water partition coefficient (Wildman–Crippen LogP) is 1.49. The molecule has 0 aliphatic carbocycles. The summed E-state index contributed by atoms with van der Waals surface area (Å²) in [4.78, 5) is 6.70. The molecule has 0 saturated carbocycles. The molecule has 0 aromatic heterocycles. The molecule has 2 N–H and O–H groups in total. The van der Waals surface area contributed by atoms with E-state index >= 15 is 0 Å². The summed E-state index contributed by atoms with van der Waals surface area (Å²) in [5.41, 5.74) is 0.151. The van der Waals surface area contributed by atoms with Gasteiger partial charge in [0.15, 0.2) is 0 Å². The van der Waals surface area contributed by atoms with Crippen molar-refractivity contribution >= 4 is 0 Å². The van der Waals surface area contributed by atoms with Crippen molar-refractivity contribution in [3.63, 3.8) is 0 Å². The smallest absolute Gasteiger partial charge is 0.0742 e. The molecule has 0 unspecified atom stereocenters. The first-order chi connectivity index (χ1) is 5.48. The van der Waals surface area contributed by atoms with Gasteiger partial charge in [0.2, 0.25) is 0 Å². The fourth-order valence-corrected chi connectivity index (χ4v) is 1.13. The lowest BCUT2D eigenvalue weighted by atomic mass is 9.94. The Kier molecular flexibility index (Phi) is 9.03. The van der Waals surface area contributed by atoms with Gasteiger partial charge in [0.05, 0.1) is 6.61 Å². The molecule has 0 aromatic rings. The Morgan fingerprint density at radius 3 is 1.92 bits per heavy atom. The van der Waals surface area contributed by atoms with Crippen molar-refractivity contribution in [2.24, 2.45) is 11.3 Å². The third-order valence-electron chi connectivity index (χ3n) is 1.22. The van der Waals surface area contributed by atoms with Gasteiger partial charge in [0, 0.05) is 12.0 Å². The van der Waals surface area contributed by atoms with Gasteiger partial charge in [-0.25, -0.2) is 5.90 Å². The van der Waals surface area contributed by atoms with Crippen molar-refractivity contribution in [1.82, 2.24) is 4.90 Å². The van der Waals surface area contributed by atoms with Crippen LogP contribution in [0.25, 0.3) is 0 Å². The molecular weight excluding hydrogens is 152 g/mol. The summed E-state index contributed by atoms with van der Waals surface area (Å²) in [6.07, 6.45) is 0. The zero-order valence-corrected chi connectivity index (χ0v) is 9.35. The van der Waals surface area contributed by atoms with Crippen LogP contribution in [0.1, 0.15) is 27.7 Å². The minimum Gasteiger partial charge on any atom is -0.309 e. The second-order valence-corrected chi connectivity index (χ2v) is 3.71. The lowest BCUT2D eigenvalue weighted by Gasteiger charge is -2.26. The molecule has 0 radical (unpaired) electrons. The van der Waals surface area contributed by atoms with Gasteiger partial charge in [-0.15, -0.1) is 0 Å². The van der Waals surface area contributed by atoms with Gasteiger partial charge in [0.25, 0.3) is 0 Å². The molecule has 0 spiro atoms. The van der Waals surface area contributed by atoms with Crippen LogP contribution in [0.15, 0.2) is 0 Å². The molecule has 0 aromatic carbocycles. The second kappa shape index (κ2) is 7.53. The summed E-state index contributed by atoms with van der Waals surface area (Å²) < 4.78 is 0. The largest absolute Gasteiger partial charge is 0.309 e. The average molecular weight is 176 g/mol. The normalized spacial score (nSPS) is 11.0. The van der Waals surface area contributed by atoms with Crippen LogP contribution in [0.3, 0.4) is 0 Å². The fraction of sp³-hybridized carbons (Fsp3) is 1.00. The van der Waals surface area contributed by atoms with Crippen LogP contribution in [0.5, 0.6) is 0 Å². The van der Waals surface area contributed by atoms with E-state index in [-0.39, 0.29) is 5.41 Å². The summed E-state index contributed by atoms with van der Waals surface area (Å²) >= 11 is 0. The van der Waals surface area contributed by atoms with E-state index in [0.717, 1.165) is 6.54 Å². The van der Waals surface area contributed by atoms with Gasteiger partial charge in [-0.1, -0.05) is 27.7 Å². The van der Waals surface area contributed by atoms with Gasteiger partial charge in [0.1, 0.15) is 0 Å². The summed E-state index contributed by atoms with van der Waals surface area (Å²) in [6, 6.07) is 0. The SMILES string of the molecule is CC.CN(C)CC(C)(C)CON. The Morgan fingerprint density at radius 2 is 1.67 bits per heavy atom. The van der Waals surface area contributed by atoms with E-state index in [9.17, 15) is 0 Å². The van der Waals surface area contributed by atoms with E-state index in [1.54, 1.807) is 0 Å². The monoisotopic (exact) mass is 176 g/mol. The maximum Gasteiger partial charge on any atom is 0.0742 e. The summed E-state index contributed by atoms with van der Waals surface area (Å²) in [5.74, 6) is 4.97. The van der Waals surface area contributed by atoms with Crippen LogP contribution in [-0.2, 0) is 4.84 Å². The predicted molar refractivity (Wildman–Crippen MR) is 53.8 cm³/mol. The van der Waals surface area contributed by atoms with Crippen LogP contribution < -0.4 is 5.90 Å². The number of rotatable bonds is 4. The van der Waals surface area contributed by atoms with Crippen molar-refractivity contribution in [3.8, 4) is 0 Å². The molecule has 0 aliphatic rings. The molecule has 0 saturated heterocycles. The molecule has 0 aliphatic heterocycles. The highest BCUT2D eigenvalue weighted by atomic mass is 16.6.